The van der Waals surface area contributed by atoms with Crippen LogP contribution in [0.2, 0.25) is 0 Å². The van der Waals surface area contributed by atoms with Gasteiger partial charge in [-0.2, -0.15) is 5.10 Å². The van der Waals surface area contributed by atoms with Gasteiger partial charge in [-0.05, 0) is 41.8 Å². The van der Waals surface area contributed by atoms with Gasteiger partial charge >= 0.3 is 0 Å². The molecule has 4 N–H and O–H groups in total. The van der Waals surface area contributed by atoms with Gasteiger partial charge in [-0.1, -0.05) is 6.92 Å². The second kappa shape index (κ2) is 6.10. The molecule has 0 bridgehead atoms. The number of H-pyrrole nitrogens is 2. The van der Waals surface area contributed by atoms with E-state index in [9.17, 15) is 13.6 Å². The fourth-order valence-electron chi connectivity index (χ4n) is 3.91. The van der Waals surface area contributed by atoms with Crippen LogP contribution in [0.4, 0.5) is 14.5 Å². The van der Waals surface area contributed by atoms with Gasteiger partial charge in [-0.25, -0.2) is 8.78 Å². The van der Waals surface area contributed by atoms with Gasteiger partial charge in [0.05, 0.1) is 17.2 Å². The third kappa shape index (κ3) is 2.35. The molecule has 0 spiro atoms. The topological polar surface area (TPSA) is 100 Å². The highest BCUT2D eigenvalue weighted by Gasteiger charge is 2.21. The number of pyridine rings is 2. The van der Waals surface area contributed by atoms with Crippen molar-refractivity contribution in [2.24, 2.45) is 0 Å². The molecular formula is C21H15F2N5O. The Labute approximate surface area is 162 Å². The van der Waals surface area contributed by atoms with Crippen molar-refractivity contribution in [3.8, 4) is 11.1 Å². The summed E-state index contributed by atoms with van der Waals surface area (Å²) >= 11 is 0. The summed E-state index contributed by atoms with van der Waals surface area (Å²) in [5, 5.41) is 8.04. The molecule has 6 nitrogen and oxygen atoms in total. The van der Waals surface area contributed by atoms with E-state index >= 15 is 0 Å². The molecule has 0 saturated carbocycles. The van der Waals surface area contributed by atoms with Crippen LogP contribution in [0, 0.1) is 11.6 Å². The summed E-state index contributed by atoms with van der Waals surface area (Å²) in [7, 11) is 0. The van der Waals surface area contributed by atoms with Gasteiger partial charge in [0.1, 0.15) is 11.2 Å². The molecule has 0 aliphatic rings. The highest BCUT2D eigenvalue weighted by atomic mass is 19.2. The van der Waals surface area contributed by atoms with E-state index in [0.717, 1.165) is 22.5 Å². The lowest BCUT2D eigenvalue weighted by molar-refractivity contribution is 0.515. The Hall–Kier alpha value is -3.81. The van der Waals surface area contributed by atoms with Crippen molar-refractivity contribution in [2.75, 3.05) is 5.73 Å². The van der Waals surface area contributed by atoms with E-state index in [-0.39, 0.29) is 11.2 Å². The Kier molecular flexibility index (Phi) is 3.64. The van der Waals surface area contributed by atoms with Gasteiger partial charge in [0.2, 0.25) is 0 Å². The number of aromatic amines is 2. The third-order valence-corrected chi connectivity index (χ3v) is 5.27. The maximum Gasteiger partial charge on any atom is 0.272 e. The third-order valence-electron chi connectivity index (χ3n) is 5.27. The molecule has 8 heteroatoms. The Bertz CT molecular complexity index is 1500. The van der Waals surface area contributed by atoms with Crippen LogP contribution in [0.25, 0.3) is 43.8 Å². The Morgan fingerprint density at radius 3 is 2.76 bits per heavy atom. The second-order valence-corrected chi connectivity index (χ2v) is 6.83. The van der Waals surface area contributed by atoms with Crippen molar-refractivity contribution in [3.05, 3.63) is 64.2 Å². The van der Waals surface area contributed by atoms with E-state index < -0.39 is 17.2 Å². The van der Waals surface area contributed by atoms with Crippen LogP contribution >= 0.6 is 0 Å². The van der Waals surface area contributed by atoms with Gasteiger partial charge in [0.15, 0.2) is 11.6 Å². The van der Waals surface area contributed by atoms with Gasteiger partial charge < -0.3 is 10.7 Å². The fourth-order valence-corrected chi connectivity index (χ4v) is 3.91. The van der Waals surface area contributed by atoms with E-state index in [4.69, 9.17) is 5.73 Å². The second-order valence-electron chi connectivity index (χ2n) is 6.83. The molecule has 0 aliphatic heterocycles. The molecule has 0 fully saturated rings. The lowest BCUT2D eigenvalue weighted by atomic mass is 9.93. The van der Waals surface area contributed by atoms with Crippen molar-refractivity contribution < 1.29 is 8.78 Å². The molecule has 3 aromatic heterocycles. The predicted octanol–water partition coefficient (Wildman–Crippen LogP) is 4.04. The van der Waals surface area contributed by atoms with Crippen LogP contribution < -0.4 is 11.3 Å². The minimum absolute atomic E-state index is 0.0729. The van der Waals surface area contributed by atoms with Crippen molar-refractivity contribution >= 4 is 38.4 Å². The van der Waals surface area contributed by atoms with Gasteiger partial charge in [-0.15, -0.1) is 0 Å². The van der Waals surface area contributed by atoms with Crippen LogP contribution in [-0.4, -0.2) is 20.2 Å². The maximum atomic E-state index is 14.3. The number of aromatic nitrogens is 4. The molecule has 5 rings (SSSR count). The van der Waals surface area contributed by atoms with Gasteiger partial charge in [0, 0.05) is 27.9 Å². The lowest BCUT2D eigenvalue weighted by Crippen LogP contribution is -2.14. The number of anilines is 1. The Balaban J connectivity index is 2.04. The molecule has 5 aromatic rings. The quantitative estimate of drug-likeness (QED) is 0.395. The van der Waals surface area contributed by atoms with Crippen LogP contribution in [0.3, 0.4) is 0 Å². The first kappa shape index (κ1) is 17.3. The van der Waals surface area contributed by atoms with Crippen molar-refractivity contribution in [3.63, 3.8) is 0 Å². The van der Waals surface area contributed by atoms with E-state index in [2.05, 4.69) is 20.2 Å². The summed E-state index contributed by atoms with van der Waals surface area (Å²) < 4.78 is 28.5. The smallest absolute Gasteiger partial charge is 0.272 e. The zero-order valence-corrected chi connectivity index (χ0v) is 15.3. The highest BCUT2D eigenvalue weighted by Crippen LogP contribution is 2.39. The number of aryl methyl sites for hydroxylation is 1. The molecule has 2 aromatic carbocycles. The Morgan fingerprint density at radius 1 is 1.14 bits per heavy atom. The molecule has 0 unspecified atom stereocenters. The van der Waals surface area contributed by atoms with Crippen molar-refractivity contribution in [2.45, 2.75) is 13.3 Å². The van der Waals surface area contributed by atoms with Crippen molar-refractivity contribution in [1.82, 2.24) is 20.2 Å². The first-order valence-corrected chi connectivity index (χ1v) is 9.04. The van der Waals surface area contributed by atoms with E-state index in [1.165, 1.54) is 6.20 Å². The fraction of sp³-hybridized carbons (Fsp3) is 0.0952. The number of nitrogens with one attached hydrogen (secondary N) is 2. The largest absolute Gasteiger partial charge is 0.394 e. The number of nitrogen functional groups attached to an aromatic ring is 1. The molecule has 144 valence electrons. The maximum absolute atomic E-state index is 14.3. The molecule has 0 aliphatic carbocycles. The molecule has 0 atom stereocenters. The molecule has 0 amide bonds. The number of benzene rings is 2. The minimum atomic E-state index is -1.05. The summed E-state index contributed by atoms with van der Waals surface area (Å²) in [4.78, 5) is 19.9. The van der Waals surface area contributed by atoms with Gasteiger partial charge in [0.25, 0.3) is 5.56 Å². The number of hydrogen-bond donors (Lipinski definition) is 3. The number of rotatable bonds is 2. The van der Waals surface area contributed by atoms with Crippen LogP contribution in [0.5, 0.6) is 0 Å². The van der Waals surface area contributed by atoms with E-state index in [1.807, 2.05) is 19.1 Å². The van der Waals surface area contributed by atoms with Crippen LogP contribution in [0.15, 0.2) is 41.5 Å². The number of nitrogens with two attached hydrogens (primary N) is 1. The number of hydrogen-bond acceptors (Lipinski definition) is 4. The first-order chi connectivity index (χ1) is 14.0. The summed E-state index contributed by atoms with van der Waals surface area (Å²) in [6.07, 6.45) is 3.78. The molecule has 0 saturated heterocycles. The molecule has 0 radical (unpaired) electrons. The minimum Gasteiger partial charge on any atom is -0.394 e. The summed E-state index contributed by atoms with van der Waals surface area (Å²) in [6.45, 7) is 2.00. The van der Waals surface area contributed by atoms with Crippen molar-refractivity contribution in [1.29, 1.82) is 0 Å². The highest BCUT2D eigenvalue weighted by molar-refractivity contribution is 6.14. The SMILES string of the molecule is CCc1cc2c(-c3cc(F)c(F)c4[nH]ncc34)c(N)c(=O)[nH]c2c2cccnc12. The zero-order chi connectivity index (χ0) is 20.3. The number of halogens is 2. The summed E-state index contributed by atoms with van der Waals surface area (Å²) in [5.74, 6) is -2.08. The van der Waals surface area contributed by atoms with E-state index in [1.54, 1.807) is 12.3 Å². The standard InChI is InChI=1S/C21H15F2N5O/c1-2-9-6-12-15(11-7-14(22)16(23)20-13(11)8-26-28-20)17(24)21(29)27-19(12)10-4-3-5-25-18(9)10/h3-8H,2,24H2,1H3,(H,26,28)(H,27,29). The first-order valence-electron chi connectivity index (χ1n) is 9.04. The summed E-state index contributed by atoms with van der Waals surface area (Å²) in [6, 6.07) is 6.58. The Morgan fingerprint density at radius 2 is 1.97 bits per heavy atom. The predicted molar refractivity (Wildman–Crippen MR) is 109 cm³/mol. The molecule has 29 heavy (non-hydrogen) atoms. The average Bonchev–Trinajstić information content (AvgIpc) is 3.22. The van der Waals surface area contributed by atoms with Crippen LogP contribution in [0.1, 0.15) is 12.5 Å². The molecule has 3 heterocycles. The number of nitrogens with zero attached hydrogens (tertiary/aromatic N) is 2. The van der Waals surface area contributed by atoms with Gasteiger partial charge in [-0.3, -0.25) is 14.9 Å². The van der Waals surface area contributed by atoms with E-state index in [0.29, 0.717) is 33.8 Å². The number of fused-ring (bicyclic) bond motifs is 4. The zero-order valence-electron chi connectivity index (χ0n) is 15.3. The normalized spacial score (nSPS) is 11.7. The summed E-state index contributed by atoms with van der Waals surface area (Å²) in [5.41, 5.74) is 8.40. The van der Waals surface area contributed by atoms with Crippen LogP contribution in [-0.2, 0) is 6.42 Å². The lowest BCUT2D eigenvalue weighted by Gasteiger charge is -2.15. The monoisotopic (exact) mass is 391 g/mol. The average molecular weight is 391 g/mol. The molecular weight excluding hydrogens is 376 g/mol.